The zero-order valence-electron chi connectivity index (χ0n) is 15.4. The Hall–Kier alpha value is -3.49. The van der Waals surface area contributed by atoms with E-state index in [1.807, 2.05) is 0 Å². The van der Waals surface area contributed by atoms with Gasteiger partial charge in [0.15, 0.2) is 6.61 Å². The van der Waals surface area contributed by atoms with E-state index in [4.69, 9.17) is 4.74 Å². The molecule has 1 N–H and O–H groups in total. The third-order valence-corrected chi connectivity index (χ3v) is 4.27. The number of anilines is 2. The molecular formula is C20H18F2N2O5. The van der Waals surface area contributed by atoms with E-state index in [1.165, 1.54) is 29.2 Å². The summed E-state index contributed by atoms with van der Waals surface area (Å²) in [5.74, 6) is -1.59. The molecule has 0 bridgehead atoms. The maximum absolute atomic E-state index is 12.7. The topological polar surface area (TPSA) is 84.9 Å². The number of halogens is 2. The maximum Gasteiger partial charge on any atom is 0.387 e. The second-order valence-electron chi connectivity index (χ2n) is 6.36. The third-order valence-electron chi connectivity index (χ3n) is 4.27. The summed E-state index contributed by atoms with van der Waals surface area (Å²) in [6, 6.07) is 11.3. The van der Waals surface area contributed by atoms with Crippen molar-refractivity contribution < 1.29 is 32.6 Å². The fourth-order valence-corrected chi connectivity index (χ4v) is 3.02. The number of carbonyl (C=O) groups is 3. The van der Waals surface area contributed by atoms with Crippen LogP contribution in [0, 0.1) is 0 Å². The van der Waals surface area contributed by atoms with Crippen LogP contribution in [0.1, 0.15) is 23.7 Å². The van der Waals surface area contributed by atoms with Gasteiger partial charge in [0.1, 0.15) is 5.75 Å². The summed E-state index contributed by atoms with van der Waals surface area (Å²) in [4.78, 5) is 38.3. The first kappa shape index (κ1) is 20.2. The van der Waals surface area contributed by atoms with Crippen LogP contribution in [0.25, 0.3) is 0 Å². The van der Waals surface area contributed by atoms with E-state index in [2.05, 4.69) is 10.1 Å². The molecule has 2 aromatic rings. The zero-order valence-corrected chi connectivity index (χ0v) is 15.4. The fourth-order valence-electron chi connectivity index (χ4n) is 3.02. The fraction of sp³-hybridized carbons (Fsp3) is 0.250. The van der Waals surface area contributed by atoms with Crippen molar-refractivity contribution in [2.45, 2.75) is 26.0 Å². The summed E-state index contributed by atoms with van der Waals surface area (Å²) in [5.41, 5.74) is 1.09. The molecule has 1 aliphatic heterocycles. The number of hydrogen-bond donors (Lipinski definition) is 1. The van der Waals surface area contributed by atoms with Crippen LogP contribution in [0.4, 0.5) is 20.2 Å². The van der Waals surface area contributed by atoms with Crippen molar-refractivity contribution in [1.29, 1.82) is 0 Å². The molecule has 1 atom stereocenters. The smallest absolute Gasteiger partial charge is 0.387 e. The van der Waals surface area contributed by atoms with Gasteiger partial charge in [0.05, 0.1) is 16.9 Å². The Labute approximate surface area is 165 Å². The first-order valence-corrected chi connectivity index (χ1v) is 8.78. The van der Waals surface area contributed by atoms with Crippen molar-refractivity contribution in [3.8, 4) is 5.75 Å². The number of ether oxygens (including phenoxy) is 2. The van der Waals surface area contributed by atoms with Crippen LogP contribution in [0.5, 0.6) is 5.75 Å². The van der Waals surface area contributed by atoms with Crippen molar-refractivity contribution in [2.75, 3.05) is 16.8 Å². The second-order valence-corrected chi connectivity index (χ2v) is 6.36. The molecule has 1 aliphatic rings. The summed E-state index contributed by atoms with van der Waals surface area (Å²) in [6.45, 7) is -1.78. The van der Waals surface area contributed by atoms with Gasteiger partial charge >= 0.3 is 12.6 Å². The van der Waals surface area contributed by atoms with Crippen LogP contribution in [-0.4, -0.2) is 37.0 Å². The lowest BCUT2D eigenvalue weighted by atomic mass is 10.1. The summed E-state index contributed by atoms with van der Waals surface area (Å²) >= 11 is 0. The van der Waals surface area contributed by atoms with Gasteiger partial charge in [-0.25, -0.2) is 4.79 Å². The van der Waals surface area contributed by atoms with E-state index in [0.717, 1.165) is 0 Å². The van der Waals surface area contributed by atoms with Crippen molar-refractivity contribution in [2.24, 2.45) is 0 Å². The summed E-state index contributed by atoms with van der Waals surface area (Å²) in [6.07, 6.45) is 0.0972. The SMILES string of the molecule is CC1CC(=O)Nc2ccccc2N1C(=O)COC(=O)c1ccc(OC(F)F)cc1. The number of rotatable bonds is 5. The van der Waals surface area contributed by atoms with Crippen LogP contribution in [0.3, 0.4) is 0 Å². The van der Waals surface area contributed by atoms with E-state index >= 15 is 0 Å². The van der Waals surface area contributed by atoms with Crippen LogP contribution < -0.4 is 15.0 Å². The molecule has 3 rings (SSSR count). The number of benzene rings is 2. The van der Waals surface area contributed by atoms with Crippen molar-refractivity contribution in [1.82, 2.24) is 0 Å². The number of alkyl halides is 2. The molecule has 0 fully saturated rings. The van der Waals surface area contributed by atoms with E-state index in [-0.39, 0.29) is 23.6 Å². The van der Waals surface area contributed by atoms with Gasteiger partial charge in [-0.15, -0.1) is 0 Å². The first-order valence-electron chi connectivity index (χ1n) is 8.78. The Morgan fingerprint density at radius 1 is 1.17 bits per heavy atom. The highest BCUT2D eigenvalue weighted by Crippen LogP contribution is 2.31. The molecule has 2 aromatic carbocycles. The number of hydrogen-bond acceptors (Lipinski definition) is 5. The van der Waals surface area contributed by atoms with Crippen molar-refractivity contribution in [3.63, 3.8) is 0 Å². The molecule has 0 saturated heterocycles. The third kappa shape index (κ3) is 4.87. The average molecular weight is 404 g/mol. The van der Waals surface area contributed by atoms with Crippen molar-refractivity contribution >= 4 is 29.2 Å². The van der Waals surface area contributed by atoms with E-state index in [9.17, 15) is 23.2 Å². The number of fused-ring (bicyclic) bond motifs is 1. The predicted molar refractivity (Wildman–Crippen MR) is 100.0 cm³/mol. The average Bonchev–Trinajstić information content (AvgIpc) is 2.80. The van der Waals surface area contributed by atoms with Gasteiger partial charge in [0, 0.05) is 12.5 Å². The minimum Gasteiger partial charge on any atom is -0.452 e. The normalized spacial score (nSPS) is 15.9. The molecule has 152 valence electrons. The van der Waals surface area contributed by atoms with Crippen molar-refractivity contribution in [3.05, 3.63) is 54.1 Å². The molecule has 7 nitrogen and oxygen atoms in total. The van der Waals surface area contributed by atoms with E-state index < -0.39 is 31.1 Å². The Bertz CT molecular complexity index is 917. The molecule has 0 aliphatic carbocycles. The van der Waals surface area contributed by atoms with Gasteiger partial charge in [-0.05, 0) is 43.3 Å². The Balaban J connectivity index is 1.68. The lowest BCUT2D eigenvalue weighted by Crippen LogP contribution is -2.41. The molecule has 9 heteroatoms. The minimum absolute atomic E-state index is 0.0839. The van der Waals surface area contributed by atoms with Gasteiger partial charge in [0.2, 0.25) is 5.91 Å². The molecule has 0 saturated carbocycles. The van der Waals surface area contributed by atoms with Crippen LogP contribution in [-0.2, 0) is 14.3 Å². The van der Waals surface area contributed by atoms with E-state index in [1.54, 1.807) is 31.2 Å². The Morgan fingerprint density at radius 3 is 2.55 bits per heavy atom. The number of nitrogens with one attached hydrogen (secondary N) is 1. The number of nitrogens with zero attached hydrogens (tertiary/aromatic N) is 1. The van der Waals surface area contributed by atoms with Crippen LogP contribution in [0.2, 0.25) is 0 Å². The Kier molecular flexibility index (Phi) is 6.06. The largest absolute Gasteiger partial charge is 0.452 e. The monoisotopic (exact) mass is 404 g/mol. The maximum atomic E-state index is 12.7. The summed E-state index contributed by atoms with van der Waals surface area (Å²) in [5, 5.41) is 2.74. The number of amides is 2. The van der Waals surface area contributed by atoms with Gasteiger partial charge in [-0.3, -0.25) is 9.59 Å². The number of para-hydroxylation sites is 2. The second kappa shape index (κ2) is 8.68. The summed E-state index contributed by atoms with van der Waals surface area (Å²) in [7, 11) is 0. The molecule has 0 aromatic heterocycles. The number of carbonyl (C=O) groups excluding carboxylic acids is 3. The van der Waals surface area contributed by atoms with Gasteiger partial charge in [-0.2, -0.15) is 8.78 Å². The standard InChI is InChI=1S/C20H18F2N2O5/c1-12-10-17(25)23-15-4-2-3-5-16(15)24(12)18(26)11-28-19(27)13-6-8-14(9-7-13)29-20(21)22/h2-9,12,20H,10-11H2,1H3,(H,23,25). The molecular weight excluding hydrogens is 386 g/mol. The number of esters is 1. The van der Waals surface area contributed by atoms with Gasteiger partial charge < -0.3 is 19.7 Å². The van der Waals surface area contributed by atoms with Crippen LogP contribution >= 0.6 is 0 Å². The molecule has 0 spiro atoms. The molecule has 29 heavy (non-hydrogen) atoms. The van der Waals surface area contributed by atoms with Gasteiger partial charge in [0.25, 0.3) is 5.91 Å². The van der Waals surface area contributed by atoms with E-state index in [0.29, 0.717) is 11.4 Å². The highest BCUT2D eigenvalue weighted by atomic mass is 19.3. The highest BCUT2D eigenvalue weighted by Gasteiger charge is 2.30. The molecule has 1 heterocycles. The Morgan fingerprint density at radius 2 is 1.86 bits per heavy atom. The molecule has 0 radical (unpaired) electrons. The highest BCUT2D eigenvalue weighted by molar-refractivity contribution is 6.05. The predicted octanol–water partition coefficient (Wildman–Crippen LogP) is 3.21. The lowest BCUT2D eigenvalue weighted by molar-refractivity contribution is -0.122. The van der Waals surface area contributed by atoms with Crippen LogP contribution in [0.15, 0.2) is 48.5 Å². The molecule has 1 unspecified atom stereocenters. The summed E-state index contributed by atoms with van der Waals surface area (Å²) < 4.78 is 33.6. The van der Waals surface area contributed by atoms with Gasteiger partial charge in [-0.1, -0.05) is 12.1 Å². The minimum atomic E-state index is -2.97. The molecule has 2 amide bonds. The first-order chi connectivity index (χ1) is 13.8. The zero-order chi connectivity index (χ0) is 21.0. The quantitative estimate of drug-likeness (QED) is 0.774. The lowest BCUT2D eigenvalue weighted by Gasteiger charge is -2.27.